The Morgan fingerprint density at radius 2 is 1.89 bits per heavy atom. The molecule has 5 aromatic heterocycles. The zero-order valence-corrected chi connectivity index (χ0v) is 19.5. The van der Waals surface area contributed by atoms with Crippen molar-refractivity contribution < 1.29 is 9.50 Å². The van der Waals surface area contributed by atoms with E-state index in [1.54, 1.807) is 31.0 Å². The van der Waals surface area contributed by atoms with Crippen LogP contribution in [0.25, 0.3) is 55.8 Å². The molecule has 1 unspecified atom stereocenters. The fourth-order valence-electron chi connectivity index (χ4n) is 4.59. The smallest absolute Gasteiger partial charge is 0.178 e. The molecular weight excluding hydrogens is 471 g/mol. The Morgan fingerprint density at radius 3 is 2.73 bits per heavy atom. The highest BCUT2D eigenvalue weighted by Crippen LogP contribution is 2.35. The molecule has 1 aliphatic rings. The third-order valence-electron chi connectivity index (χ3n) is 6.67. The number of imidazole rings is 1. The number of rotatable bonds is 6. The Morgan fingerprint density at radius 1 is 1.00 bits per heavy atom. The van der Waals surface area contributed by atoms with Crippen molar-refractivity contribution >= 4 is 27.8 Å². The fraction of sp³-hybridized carbons (Fsp3) is 0.148. The average Bonchev–Trinajstić information content (AvgIpc) is 3.55. The maximum atomic E-state index is 15.2. The second-order valence-corrected chi connectivity index (χ2v) is 9.23. The molecule has 0 amide bonds. The van der Waals surface area contributed by atoms with Crippen LogP contribution in [0.5, 0.6) is 0 Å². The Bertz CT molecular complexity index is 1760. The van der Waals surface area contributed by atoms with Gasteiger partial charge in [0.25, 0.3) is 0 Å². The summed E-state index contributed by atoms with van der Waals surface area (Å²) < 4.78 is 15.2. The van der Waals surface area contributed by atoms with Crippen LogP contribution in [0.2, 0.25) is 0 Å². The summed E-state index contributed by atoms with van der Waals surface area (Å²) in [6.45, 7) is 0. The van der Waals surface area contributed by atoms with Gasteiger partial charge in [0.15, 0.2) is 17.3 Å². The van der Waals surface area contributed by atoms with E-state index in [2.05, 4.69) is 40.4 Å². The van der Waals surface area contributed by atoms with E-state index in [0.717, 1.165) is 29.5 Å². The number of nitrogens with zero attached hydrogens (tertiary/aromatic N) is 5. The van der Waals surface area contributed by atoms with Gasteiger partial charge in [-0.15, -0.1) is 0 Å². The van der Waals surface area contributed by atoms with Gasteiger partial charge in [-0.3, -0.25) is 15.1 Å². The van der Waals surface area contributed by atoms with Gasteiger partial charge in [0.05, 0.1) is 17.4 Å². The first-order chi connectivity index (χ1) is 18.1. The van der Waals surface area contributed by atoms with E-state index in [0.29, 0.717) is 39.4 Å². The first kappa shape index (κ1) is 21.6. The van der Waals surface area contributed by atoms with E-state index >= 15 is 4.39 Å². The van der Waals surface area contributed by atoms with Crippen LogP contribution in [0.4, 0.5) is 10.1 Å². The number of fused-ring (bicyclic) bond motifs is 2. The van der Waals surface area contributed by atoms with E-state index in [9.17, 15) is 5.11 Å². The minimum Gasteiger partial charge on any atom is -0.374 e. The van der Waals surface area contributed by atoms with Gasteiger partial charge >= 0.3 is 0 Å². The number of aliphatic hydroxyl groups excluding tert-OH is 1. The predicted octanol–water partition coefficient (Wildman–Crippen LogP) is 4.90. The van der Waals surface area contributed by atoms with Crippen molar-refractivity contribution in [1.29, 1.82) is 0 Å². The van der Waals surface area contributed by atoms with Crippen LogP contribution in [0.15, 0.2) is 67.4 Å². The number of hydrogen-bond acceptors (Lipinski definition) is 7. The van der Waals surface area contributed by atoms with Crippen LogP contribution < -0.4 is 5.32 Å². The molecule has 0 spiro atoms. The molecule has 1 fully saturated rings. The van der Waals surface area contributed by atoms with Gasteiger partial charge in [-0.05, 0) is 48.7 Å². The zero-order chi connectivity index (χ0) is 24.9. The highest BCUT2D eigenvalue weighted by Gasteiger charge is 2.29. The van der Waals surface area contributed by atoms with Crippen molar-refractivity contribution in [2.45, 2.75) is 19.1 Å². The number of halogens is 1. The lowest BCUT2D eigenvalue weighted by Crippen LogP contribution is -2.20. The minimum atomic E-state index is -0.616. The molecule has 4 N–H and O–H groups in total. The standard InChI is InChI=1S/C27H21FN8O/c28-21-10-16(17-8-18(13-30-12-17)32-27(37)14-3-4-14)9-20-22(21)35-36-24(20)26-33-23-19(5-7-31-25(23)34-26)15-2-1-6-29-11-15/h1-2,5-14,27,32,37H,3-4H2,(H,35,36)(H,31,33,34). The van der Waals surface area contributed by atoms with Crippen molar-refractivity contribution in [1.82, 2.24) is 35.1 Å². The van der Waals surface area contributed by atoms with Gasteiger partial charge in [0.1, 0.15) is 17.4 Å². The van der Waals surface area contributed by atoms with Gasteiger partial charge < -0.3 is 15.4 Å². The van der Waals surface area contributed by atoms with Gasteiger partial charge in [-0.2, -0.15) is 5.10 Å². The number of nitrogens with one attached hydrogen (secondary N) is 3. The number of anilines is 1. The highest BCUT2D eigenvalue weighted by atomic mass is 19.1. The van der Waals surface area contributed by atoms with Gasteiger partial charge in [-0.1, -0.05) is 6.07 Å². The van der Waals surface area contributed by atoms with Gasteiger partial charge in [0, 0.05) is 52.8 Å². The second kappa shape index (κ2) is 8.45. The number of aliphatic hydroxyl groups is 1. The maximum Gasteiger partial charge on any atom is 0.178 e. The van der Waals surface area contributed by atoms with Crippen molar-refractivity contribution in [3.8, 4) is 33.8 Å². The van der Waals surface area contributed by atoms with E-state index in [4.69, 9.17) is 0 Å². The Hall–Kier alpha value is -4.70. The van der Waals surface area contributed by atoms with Gasteiger partial charge in [-0.25, -0.2) is 14.4 Å². The summed E-state index contributed by atoms with van der Waals surface area (Å²) in [7, 11) is 0. The molecule has 1 saturated carbocycles. The molecule has 9 nitrogen and oxygen atoms in total. The quantitative estimate of drug-likeness (QED) is 0.243. The summed E-state index contributed by atoms with van der Waals surface area (Å²) in [5, 5.41) is 21.1. The SMILES string of the molecule is OC(Nc1cncc(-c2cc(F)c3n[nH]c(-c4nc5nccc(-c6cccnc6)c5[nH]4)c3c2)c1)C1CC1. The first-order valence-corrected chi connectivity index (χ1v) is 12.0. The Labute approximate surface area is 209 Å². The number of pyridine rings is 3. The molecule has 0 aliphatic heterocycles. The molecular formula is C27H21FN8O. The van der Waals surface area contributed by atoms with E-state index in [-0.39, 0.29) is 11.4 Å². The summed E-state index contributed by atoms with van der Waals surface area (Å²) in [6.07, 6.45) is 9.92. The molecule has 0 saturated heterocycles. The first-order valence-electron chi connectivity index (χ1n) is 12.0. The van der Waals surface area contributed by atoms with Gasteiger partial charge in [0.2, 0.25) is 0 Å². The molecule has 37 heavy (non-hydrogen) atoms. The number of aromatic nitrogens is 7. The number of aromatic amines is 2. The van der Waals surface area contributed by atoms with E-state index < -0.39 is 12.0 Å². The molecule has 6 aromatic rings. The van der Waals surface area contributed by atoms with E-state index in [1.807, 2.05) is 30.3 Å². The zero-order valence-electron chi connectivity index (χ0n) is 19.5. The third kappa shape index (κ3) is 3.87. The summed E-state index contributed by atoms with van der Waals surface area (Å²) in [5.74, 6) is 0.304. The molecule has 1 atom stereocenters. The normalized spacial score (nSPS) is 14.3. The summed E-state index contributed by atoms with van der Waals surface area (Å²) in [6, 6.07) is 10.9. The largest absolute Gasteiger partial charge is 0.374 e. The summed E-state index contributed by atoms with van der Waals surface area (Å²) in [5.41, 5.74) is 5.92. The van der Waals surface area contributed by atoms with E-state index in [1.165, 1.54) is 6.07 Å². The predicted molar refractivity (Wildman–Crippen MR) is 138 cm³/mol. The van der Waals surface area contributed by atoms with Crippen molar-refractivity contribution in [2.75, 3.05) is 5.32 Å². The topological polar surface area (TPSA) is 128 Å². The third-order valence-corrected chi connectivity index (χ3v) is 6.67. The second-order valence-electron chi connectivity index (χ2n) is 9.23. The monoisotopic (exact) mass is 492 g/mol. The van der Waals surface area contributed by atoms with Crippen LogP contribution >= 0.6 is 0 Å². The van der Waals surface area contributed by atoms with Crippen molar-refractivity contribution in [3.05, 3.63) is 73.2 Å². The molecule has 5 heterocycles. The van der Waals surface area contributed by atoms with Crippen LogP contribution in [0.1, 0.15) is 12.8 Å². The summed E-state index contributed by atoms with van der Waals surface area (Å²) >= 11 is 0. The van der Waals surface area contributed by atoms with Crippen LogP contribution in [-0.2, 0) is 0 Å². The Kier molecular flexibility index (Phi) is 4.93. The number of H-pyrrole nitrogens is 2. The molecule has 1 aromatic carbocycles. The highest BCUT2D eigenvalue weighted by molar-refractivity contribution is 5.97. The lowest BCUT2D eigenvalue weighted by atomic mass is 10.0. The fourth-order valence-corrected chi connectivity index (χ4v) is 4.59. The maximum absolute atomic E-state index is 15.2. The number of benzene rings is 1. The number of hydrogen-bond donors (Lipinski definition) is 4. The summed E-state index contributed by atoms with van der Waals surface area (Å²) in [4.78, 5) is 20.9. The Balaban J connectivity index is 1.31. The molecule has 0 bridgehead atoms. The lowest BCUT2D eigenvalue weighted by Gasteiger charge is -2.13. The van der Waals surface area contributed by atoms with Crippen LogP contribution in [0, 0.1) is 11.7 Å². The van der Waals surface area contributed by atoms with Crippen LogP contribution in [0.3, 0.4) is 0 Å². The molecule has 1 aliphatic carbocycles. The molecule has 0 radical (unpaired) electrons. The van der Waals surface area contributed by atoms with Crippen LogP contribution in [-0.4, -0.2) is 46.5 Å². The van der Waals surface area contributed by atoms with Crippen molar-refractivity contribution in [3.63, 3.8) is 0 Å². The molecule has 182 valence electrons. The minimum absolute atomic E-state index is 0.214. The molecule has 7 rings (SSSR count). The lowest BCUT2D eigenvalue weighted by molar-refractivity contribution is 0.180. The molecule has 10 heteroatoms. The average molecular weight is 493 g/mol. The van der Waals surface area contributed by atoms with Crippen molar-refractivity contribution in [2.24, 2.45) is 5.92 Å².